The SMILES string of the molecule is CCCOc1cc([CH]c2cc(OCCC)cc(OCCC)c2)cc(OCCC)c1. The Morgan fingerprint density at radius 2 is 0.759 bits per heavy atom. The van der Waals surface area contributed by atoms with Crippen molar-refractivity contribution in [2.24, 2.45) is 0 Å². The molecule has 0 aliphatic rings. The molecule has 0 amide bonds. The van der Waals surface area contributed by atoms with Gasteiger partial charge in [-0.1, -0.05) is 27.7 Å². The first-order valence-corrected chi connectivity index (χ1v) is 10.8. The van der Waals surface area contributed by atoms with Gasteiger partial charge in [-0.2, -0.15) is 0 Å². The highest BCUT2D eigenvalue weighted by Crippen LogP contribution is 2.29. The lowest BCUT2D eigenvalue weighted by molar-refractivity contribution is 0.301. The Kier molecular flexibility index (Phi) is 10.3. The average molecular weight is 400 g/mol. The second kappa shape index (κ2) is 13.0. The monoisotopic (exact) mass is 399 g/mol. The number of ether oxygens (including phenoxy) is 4. The van der Waals surface area contributed by atoms with Crippen LogP contribution < -0.4 is 18.9 Å². The molecule has 4 heteroatoms. The summed E-state index contributed by atoms with van der Waals surface area (Å²) in [5.74, 6) is 3.31. The summed E-state index contributed by atoms with van der Waals surface area (Å²) in [4.78, 5) is 0. The zero-order chi connectivity index (χ0) is 20.9. The molecule has 0 atom stereocenters. The molecule has 0 unspecified atom stereocenters. The molecule has 2 aromatic carbocycles. The topological polar surface area (TPSA) is 36.9 Å². The predicted octanol–water partition coefficient (Wildman–Crippen LogP) is 6.44. The molecule has 2 rings (SSSR count). The minimum absolute atomic E-state index is 0.687. The van der Waals surface area contributed by atoms with Crippen LogP contribution in [-0.2, 0) is 0 Å². The van der Waals surface area contributed by atoms with Gasteiger partial charge in [-0.05, 0) is 61.1 Å². The molecular formula is C25H35O4. The molecular weight excluding hydrogens is 364 g/mol. The van der Waals surface area contributed by atoms with Crippen molar-refractivity contribution in [3.63, 3.8) is 0 Å². The minimum Gasteiger partial charge on any atom is -0.493 e. The normalized spacial score (nSPS) is 10.6. The first kappa shape index (κ1) is 22.9. The summed E-state index contributed by atoms with van der Waals surface area (Å²) in [5, 5.41) is 0. The molecule has 4 nitrogen and oxygen atoms in total. The lowest BCUT2D eigenvalue weighted by atomic mass is 10.0. The standard InChI is InChI=1S/C25H35O4/c1-5-9-26-22-14-20(15-23(18-22)27-10-6-2)13-21-16-24(28-11-7-3)19-25(17-21)29-12-8-4/h13-19H,5-12H2,1-4H3. The third-order valence-corrected chi connectivity index (χ3v) is 4.03. The molecule has 29 heavy (non-hydrogen) atoms. The Morgan fingerprint density at radius 1 is 0.483 bits per heavy atom. The van der Waals surface area contributed by atoms with Gasteiger partial charge in [0.2, 0.25) is 0 Å². The molecule has 0 bridgehead atoms. The first-order valence-electron chi connectivity index (χ1n) is 10.8. The second-order valence-corrected chi connectivity index (χ2v) is 7.01. The van der Waals surface area contributed by atoms with Gasteiger partial charge < -0.3 is 18.9 Å². The van der Waals surface area contributed by atoms with Crippen LogP contribution in [0.25, 0.3) is 0 Å². The first-order chi connectivity index (χ1) is 14.2. The maximum absolute atomic E-state index is 5.86. The molecule has 0 aliphatic carbocycles. The van der Waals surface area contributed by atoms with E-state index in [9.17, 15) is 0 Å². The fourth-order valence-corrected chi connectivity index (χ4v) is 2.76. The van der Waals surface area contributed by atoms with Crippen molar-refractivity contribution in [3.05, 3.63) is 53.9 Å². The van der Waals surface area contributed by atoms with Crippen LogP contribution >= 0.6 is 0 Å². The maximum atomic E-state index is 5.86. The average Bonchev–Trinajstić information content (AvgIpc) is 2.73. The molecule has 0 heterocycles. The molecule has 1 radical (unpaired) electrons. The lowest BCUT2D eigenvalue weighted by Gasteiger charge is -2.14. The van der Waals surface area contributed by atoms with Gasteiger partial charge in [-0.25, -0.2) is 0 Å². The van der Waals surface area contributed by atoms with E-state index in [1.54, 1.807) is 0 Å². The van der Waals surface area contributed by atoms with E-state index in [0.29, 0.717) is 26.4 Å². The van der Waals surface area contributed by atoms with Crippen molar-refractivity contribution in [1.29, 1.82) is 0 Å². The van der Waals surface area contributed by atoms with Crippen LogP contribution in [0.5, 0.6) is 23.0 Å². The Balaban J connectivity index is 2.26. The van der Waals surface area contributed by atoms with Crippen molar-refractivity contribution in [1.82, 2.24) is 0 Å². The number of benzene rings is 2. The molecule has 0 saturated heterocycles. The number of hydrogen-bond acceptors (Lipinski definition) is 4. The highest BCUT2D eigenvalue weighted by molar-refractivity contribution is 5.49. The smallest absolute Gasteiger partial charge is 0.123 e. The van der Waals surface area contributed by atoms with Crippen LogP contribution in [0.4, 0.5) is 0 Å². The van der Waals surface area contributed by atoms with Gasteiger partial charge in [-0.15, -0.1) is 0 Å². The van der Waals surface area contributed by atoms with Gasteiger partial charge in [0.05, 0.1) is 26.4 Å². The molecule has 0 spiro atoms. The zero-order valence-corrected chi connectivity index (χ0v) is 18.3. The molecule has 0 fully saturated rings. The van der Waals surface area contributed by atoms with Gasteiger partial charge in [0, 0.05) is 18.6 Å². The summed E-state index contributed by atoms with van der Waals surface area (Å²) in [7, 11) is 0. The van der Waals surface area contributed by atoms with E-state index in [0.717, 1.165) is 59.8 Å². The van der Waals surface area contributed by atoms with E-state index in [2.05, 4.69) is 34.1 Å². The number of hydrogen-bond donors (Lipinski definition) is 0. The largest absolute Gasteiger partial charge is 0.493 e. The zero-order valence-electron chi connectivity index (χ0n) is 18.3. The van der Waals surface area contributed by atoms with Crippen LogP contribution in [0.2, 0.25) is 0 Å². The van der Waals surface area contributed by atoms with E-state index in [-0.39, 0.29) is 0 Å². The highest BCUT2D eigenvalue weighted by Gasteiger charge is 2.09. The van der Waals surface area contributed by atoms with Crippen LogP contribution in [0.3, 0.4) is 0 Å². The summed E-state index contributed by atoms with van der Waals surface area (Å²) in [6.45, 7) is 11.2. The van der Waals surface area contributed by atoms with E-state index in [1.807, 2.05) is 36.4 Å². The summed E-state index contributed by atoms with van der Waals surface area (Å²) < 4.78 is 23.4. The fraction of sp³-hybridized carbons (Fsp3) is 0.480. The summed E-state index contributed by atoms with van der Waals surface area (Å²) >= 11 is 0. The molecule has 2 aromatic rings. The van der Waals surface area contributed by atoms with Crippen LogP contribution in [-0.4, -0.2) is 26.4 Å². The Hall–Kier alpha value is -2.36. The quantitative estimate of drug-likeness (QED) is 0.366. The van der Waals surface area contributed by atoms with Crippen molar-refractivity contribution >= 4 is 0 Å². The van der Waals surface area contributed by atoms with Crippen molar-refractivity contribution in [3.8, 4) is 23.0 Å². The van der Waals surface area contributed by atoms with Crippen molar-refractivity contribution in [2.45, 2.75) is 53.4 Å². The Morgan fingerprint density at radius 3 is 1.00 bits per heavy atom. The second-order valence-electron chi connectivity index (χ2n) is 7.01. The Bertz CT molecular complexity index is 613. The van der Waals surface area contributed by atoms with Crippen molar-refractivity contribution < 1.29 is 18.9 Å². The van der Waals surface area contributed by atoms with Crippen LogP contribution in [0.1, 0.15) is 64.5 Å². The van der Waals surface area contributed by atoms with Crippen LogP contribution in [0, 0.1) is 6.42 Å². The molecule has 0 N–H and O–H groups in total. The third-order valence-electron chi connectivity index (χ3n) is 4.03. The minimum atomic E-state index is 0.687. The predicted molar refractivity (Wildman–Crippen MR) is 119 cm³/mol. The number of rotatable bonds is 14. The maximum Gasteiger partial charge on any atom is 0.123 e. The van der Waals surface area contributed by atoms with E-state index < -0.39 is 0 Å². The molecule has 0 aliphatic heterocycles. The van der Waals surface area contributed by atoms with Crippen molar-refractivity contribution in [2.75, 3.05) is 26.4 Å². The summed E-state index contributed by atoms with van der Waals surface area (Å²) in [5.41, 5.74) is 2.05. The lowest BCUT2D eigenvalue weighted by Crippen LogP contribution is -2.01. The van der Waals surface area contributed by atoms with E-state index in [1.165, 1.54) is 0 Å². The van der Waals surface area contributed by atoms with Gasteiger partial charge in [0.15, 0.2) is 0 Å². The van der Waals surface area contributed by atoms with Gasteiger partial charge in [-0.3, -0.25) is 0 Å². The highest BCUT2D eigenvalue weighted by atomic mass is 16.5. The van der Waals surface area contributed by atoms with Gasteiger partial charge in [0.25, 0.3) is 0 Å². The molecule has 0 saturated carbocycles. The van der Waals surface area contributed by atoms with E-state index >= 15 is 0 Å². The summed E-state index contributed by atoms with van der Waals surface area (Å²) in [6, 6.07) is 12.1. The summed E-state index contributed by atoms with van der Waals surface area (Å²) in [6.07, 6.45) is 5.97. The van der Waals surface area contributed by atoms with Gasteiger partial charge >= 0.3 is 0 Å². The van der Waals surface area contributed by atoms with Gasteiger partial charge in [0.1, 0.15) is 23.0 Å². The molecule has 159 valence electrons. The van der Waals surface area contributed by atoms with Crippen LogP contribution in [0.15, 0.2) is 36.4 Å². The third kappa shape index (κ3) is 8.26. The van der Waals surface area contributed by atoms with E-state index in [4.69, 9.17) is 18.9 Å². The molecule has 0 aromatic heterocycles. The fourth-order valence-electron chi connectivity index (χ4n) is 2.76. The Labute approximate surface area is 176 Å².